The van der Waals surface area contributed by atoms with Crippen LogP contribution in [0.3, 0.4) is 0 Å². The number of fused-ring (bicyclic) bond motifs is 1. The number of carbonyl (C=O) groups is 1. The highest BCUT2D eigenvalue weighted by molar-refractivity contribution is 9.10. The number of rotatable bonds is 2. The molecule has 2 aliphatic rings. The highest BCUT2D eigenvalue weighted by atomic mass is 79.9. The van der Waals surface area contributed by atoms with Gasteiger partial charge in [-0.1, -0.05) is 41.5 Å². The quantitative estimate of drug-likeness (QED) is 0.715. The lowest BCUT2D eigenvalue weighted by Crippen LogP contribution is -2.38. The molecule has 1 amide bonds. The summed E-state index contributed by atoms with van der Waals surface area (Å²) >= 11 is 4.45. The van der Waals surface area contributed by atoms with Crippen LogP contribution < -0.4 is 4.90 Å². The van der Waals surface area contributed by atoms with E-state index in [0.717, 1.165) is 0 Å². The lowest BCUT2D eigenvalue weighted by molar-refractivity contribution is -0.120. The van der Waals surface area contributed by atoms with Crippen LogP contribution in [0, 0.1) is 11.7 Å². The Labute approximate surface area is 152 Å². The molecule has 1 aromatic rings. The summed E-state index contributed by atoms with van der Waals surface area (Å²) in [5, 5.41) is 0.136. The van der Waals surface area contributed by atoms with E-state index in [0.29, 0.717) is 9.64 Å². The summed E-state index contributed by atoms with van der Waals surface area (Å²) in [7, 11) is -3.17. The molecule has 0 unspecified atom stereocenters. The molecule has 2 heterocycles. The third-order valence-electron chi connectivity index (χ3n) is 3.94. The number of carbonyl (C=O) groups excluding carboxylic acids is 1. The van der Waals surface area contributed by atoms with Crippen molar-refractivity contribution in [3.63, 3.8) is 0 Å². The van der Waals surface area contributed by atoms with Crippen LogP contribution in [0.4, 0.5) is 10.1 Å². The molecule has 0 radical (unpaired) electrons. The molecule has 2 atom stereocenters. The van der Waals surface area contributed by atoms with E-state index in [4.69, 9.17) is 0 Å². The third kappa shape index (κ3) is 3.39. The van der Waals surface area contributed by atoms with Gasteiger partial charge in [-0.3, -0.25) is 4.79 Å². The van der Waals surface area contributed by atoms with Crippen LogP contribution in [0.15, 0.2) is 27.7 Å². The monoisotopic (exact) mass is 434 g/mol. The van der Waals surface area contributed by atoms with Gasteiger partial charge < -0.3 is 4.90 Å². The van der Waals surface area contributed by atoms with Gasteiger partial charge in [0.1, 0.15) is 5.82 Å². The van der Waals surface area contributed by atoms with E-state index in [9.17, 15) is 17.6 Å². The average molecular weight is 435 g/mol. The van der Waals surface area contributed by atoms with Crippen LogP contribution in [0.5, 0.6) is 0 Å². The first kappa shape index (κ1) is 17.9. The Morgan fingerprint density at radius 1 is 1.42 bits per heavy atom. The molecule has 0 bridgehead atoms. The molecule has 2 fully saturated rings. The Bertz CT molecular complexity index is 826. The van der Waals surface area contributed by atoms with Gasteiger partial charge >= 0.3 is 0 Å². The van der Waals surface area contributed by atoms with Crippen molar-refractivity contribution in [3.05, 3.63) is 28.5 Å². The minimum atomic E-state index is -3.17. The van der Waals surface area contributed by atoms with Crippen LogP contribution in [-0.2, 0) is 14.6 Å². The third-order valence-corrected chi connectivity index (χ3v) is 7.64. The Morgan fingerprint density at radius 3 is 2.75 bits per heavy atom. The Kier molecular flexibility index (Phi) is 4.78. The zero-order valence-electron chi connectivity index (χ0n) is 13.1. The second-order valence-corrected chi connectivity index (χ2v) is 10.4. The van der Waals surface area contributed by atoms with E-state index in [1.54, 1.807) is 30.9 Å². The standard InChI is InChI=1S/C15H16BrFN2O3S2/c1-8(2)14(20)18-15-19(11-4-3-9(16)5-10(11)17)12-6-24(21,22)7-13(12)23-15/h3-5,8,12-13H,6-7H2,1-2H3/t12-,13-/m0/s1. The highest BCUT2D eigenvalue weighted by Crippen LogP contribution is 2.42. The number of amides is 1. The zero-order valence-corrected chi connectivity index (χ0v) is 16.3. The summed E-state index contributed by atoms with van der Waals surface area (Å²) in [6.45, 7) is 3.48. The SMILES string of the molecule is CC(C)C(=O)N=C1S[C@H]2CS(=O)(=O)C[C@@H]2N1c1ccc(Br)cc1F. The van der Waals surface area contributed by atoms with Crippen LogP contribution in [0.1, 0.15) is 13.8 Å². The van der Waals surface area contributed by atoms with Crippen LogP contribution in [0.2, 0.25) is 0 Å². The Morgan fingerprint density at radius 2 is 2.12 bits per heavy atom. The summed E-state index contributed by atoms with van der Waals surface area (Å²) in [6, 6.07) is 4.16. The molecule has 2 aliphatic heterocycles. The maximum atomic E-state index is 14.5. The lowest BCUT2D eigenvalue weighted by atomic mass is 10.2. The largest absolute Gasteiger partial charge is 0.313 e. The maximum Gasteiger partial charge on any atom is 0.250 e. The first-order valence-corrected chi connectivity index (χ1v) is 10.9. The molecule has 0 aliphatic carbocycles. The first-order valence-electron chi connectivity index (χ1n) is 7.42. The Hall–Kier alpha value is -0.930. The number of halogens is 2. The van der Waals surface area contributed by atoms with Crippen molar-refractivity contribution in [1.29, 1.82) is 0 Å². The lowest BCUT2D eigenvalue weighted by Gasteiger charge is -2.25. The van der Waals surface area contributed by atoms with Gasteiger partial charge in [-0.25, -0.2) is 12.8 Å². The summed E-state index contributed by atoms with van der Waals surface area (Å²) < 4.78 is 38.9. The minimum Gasteiger partial charge on any atom is -0.313 e. The number of sulfone groups is 1. The topological polar surface area (TPSA) is 66.8 Å². The fourth-order valence-corrected chi connectivity index (χ4v) is 6.99. The zero-order chi connectivity index (χ0) is 17.6. The second kappa shape index (κ2) is 6.42. The summed E-state index contributed by atoms with van der Waals surface area (Å²) in [6.07, 6.45) is 0. The van der Waals surface area contributed by atoms with E-state index in [1.165, 1.54) is 17.8 Å². The average Bonchev–Trinajstić information content (AvgIpc) is 2.91. The summed E-state index contributed by atoms with van der Waals surface area (Å²) in [4.78, 5) is 17.7. The molecule has 5 nitrogen and oxygen atoms in total. The van der Waals surface area contributed by atoms with Crippen LogP contribution in [-0.4, -0.2) is 42.3 Å². The number of amidine groups is 1. The van der Waals surface area contributed by atoms with E-state index >= 15 is 0 Å². The van der Waals surface area contributed by atoms with Crippen molar-refractivity contribution >= 4 is 54.3 Å². The van der Waals surface area contributed by atoms with Crippen LogP contribution >= 0.6 is 27.7 Å². The summed E-state index contributed by atoms with van der Waals surface area (Å²) in [5.41, 5.74) is 0.241. The number of anilines is 1. The fourth-order valence-electron chi connectivity index (χ4n) is 2.75. The number of aliphatic imine (C=N–C) groups is 1. The van der Waals surface area contributed by atoms with E-state index < -0.39 is 21.7 Å². The smallest absolute Gasteiger partial charge is 0.250 e. The first-order chi connectivity index (χ1) is 11.2. The number of thioether (sulfide) groups is 1. The van der Waals surface area contributed by atoms with Crippen molar-refractivity contribution in [2.75, 3.05) is 16.4 Å². The highest BCUT2D eigenvalue weighted by Gasteiger charge is 2.50. The molecule has 2 saturated heterocycles. The number of nitrogens with zero attached hydrogens (tertiary/aromatic N) is 2. The fraction of sp³-hybridized carbons (Fsp3) is 0.467. The van der Waals surface area contributed by atoms with Crippen LogP contribution in [0.25, 0.3) is 0 Å². The maximum absolute atomic E-state index is 14.5. The Balaban J connectivity index is 2.06. The molecule has 0 spiro atoms. The number of hydrogen-bond donors (Lipinski definition) is 0. The predicted octanol–water partition coefficient (Wildman–Crippen LogP) is 2.85. The van der Waals surface area contributed by atoms with Gasteiger partial charge in [0, 0.05) is 15.6 Å². The van der Waals surface area contributed by atoms with Crippen molar-refractivity contribution in [1.82, 2.24) is 0 Å². The van der Waals surface area contributed by atoms with Gasteiger partial charge in [0.2, 0.25) is 0 Å². The molecule has 0 aromatic heterocycles. The van der Waals surface area contributed by atoms with Crippen molar-refractivity contribution < 1.29 is 17.6 Å². The van der Waals surface area contributed by atoms with Gasteiger partial charge in [0.25, 0.3) is 5.91 Å². The van der Waals surface area contributed by atoms with Crippen molar-refractivity contribution in [2.45, 2.75) is 25.1 Å². The molecule has 3 rings (SSSR count). The minimum absolute atomic E-state index is 0.0197. The van der Waals surface area contributed by atoms with Gasteiger partial charge in [-0.15, -0.1) is 0 Å². The number of hydrogen-bond acceptors (Lipinski definition) is 4. The summed E-state index contributed by atoms with van der Waals surface area (Å²) in [5.74, 6) is -1.11. The molecule has 0 saturated carbocycles. The normalized spacial score (nSPS) is 27.0. The molecule has 0 N–H and O–H groups in total. The molecule has 24 heavy (non-hydrogen) atoms. The number of benzene rings is 1. The molecule has 9 heteroatoms. The van der Waals surface area contributed by atoms with Gasteiger partial charge in [0.15, 0.2) is 15.0 Å². The van der Waals surface area contributed by atoms with Crippen molar-refractivity contribution in [2.24, 2.45) is 10.9 Å². The van der Waals surface area contributed by atoms with Gasteiger partial charge in [0.05, 0.1) is 23.2 Å². The molecule has 1 aromatic carbocycles. The van der Waals surface area contributed by atoms with E-state index in [1.807, 2.05) is 0 Å². The predicted molar refractivity (Wildman–Crippen MR) is 97.7 cm³/mol. The molecule has 130 valence electrons. The molecular formula is C15H16BrFN2O3S2. The van der Waals surface area contributed by atoms with Gasteiger partial charge in [-0.05, 0) is 18.2 Å². The second-order valence-electron chi connectivity index (χ2n) is 6.15. The van der Waals surface area contributed by atoms with Gasteiger partial charge in [-0.2, -0.15) is 4.99 Å². The van der Waals surface area contributed by atoms with E-state index in [-0.39, 0.29) is 34.3 Å². The molecular weight excluding hydrogens is 419 g/mol. The van der Waals surface area contributed by atoms with E-state index in [2.05, 4.69) is 20.9 Å². The van der Waals surface area contributed by atoms with Crippen molar-refractivity contribution in [3.8, 4) is 0 Å².